The second kappa shape index (κ2) is 9.63. The molecule has 1 amide bonds. The van der Waals surface area contributed by atoms with Crippen molar-refractivity contribution >= 4 is 47.2 Å². The number of guanidine groups is 1. The van der Waals surface area contributed by atoms with Gasteiger partial charge in [-0.2, -0.15) is 0 Å². The highest BCUT2D eigenvalue weighted by molar-refractivity contribution is 14.0. The van der Waals surface area contributed by atoms with Gasteiger partial charge in [-0.3, -0.25) is 4.79 Å². The first-order valence-electron chi connectivity index (χ1n) is 8.44. The van der Waals surface area contributed by atoms with E-state index in [4.69, 9.17) is 5.73 Å². The van der Waals surface area contributed by atoms with Gasteiger partial charge < -0.3 is 16.0 Å². The molecule has 0 unspecified atom stereocenters. The second-order valence-corrected chi connectivity index (χ2v) is 6.12. The fraction of sp³-hybridized carbons (Fsp3) is 0.263. The topological polar surface area (TPSA) is 70.7 Å². The lowest BCUT2D eigenvalue weighted by atomic mass is 10.1. The normalized spacial score (nSPS) is 14.7. The van der Waals surface area contributed by atoms with Crippen molar-refractivity contribution in [2.45, 2.75) is 25.8 Å². The van der Waals surface area contributed by atoms with Gasteiger partial charge in [-0.15, -0.1) is 24.0 Å². The zero-order valence-electron chi connectivity index (χ0n) is 14.6. The minimum atomic E-state index is -0.611. The molecule has 3 N–H and O–H groups in total. The van der Waals surface area contributed by atoms with Crippen molar-refractivity contribution in [3.05, 3.63) is 59.7 Å². The van der Waals surface area contributed by atoms with Crippen LogP contribution in [0.5, 0.6) is 0 Å². The predicted molar refractivity (Wildman–Crippen MR) is 113 cm³/mol. The fourth-order valence-electron chi connectivity index (χ4n) is 2.81. The van der Waals surface area contributed by atoms with E-state index < -0.39 is 11.6 Å². The number of rotatable bonds is 4. The number of nitrogens with two attached hydrogens (primary N) is 1. The SMILES string of the molecule is I.NC(=NCc1ccc(N2CCCCC2=O)cc1)Nc1cc(F)ccc1F. The van der Waals surface area contributed by atoms with Crippen molar-refractivity contribution < 1.29 is 13.6 Å². The molecule has 2 aromatic rings. The molecular weight excluding hydrogens is 465 g/mol. The molecule has 0 spiro atoms. The van der Waals surface area contributed by atoms with E-state index >= 15 is 0 Å². The first-order valence-corrected chi connectivity index (χ1v) is 8.44. The number of nitrogens with zero attached hydrogens (tertiary/aromatic N) is 2. The summed E-state index contributed by atoms with van der Waals surface area (Å²) in [7, 11) is 0. The highest BCUT2D eigenvalue weighted by Gasteiger charge is 2.19. The Hall–Kier alpha value is -2.23. The van der Waals surface area contributed by atoms with Gasteiger partial charge in [-0.1, -0.05) is 12.1 Å². The summed E-state index contributed by atoms with van der Waals surface area (Å²) in [4.78, 5) is 17.9. The number of hydrogen-bond donors (Lipinski definition) is 2. The second-order valence-electron chi connectivity index (χ2n) is 6.12. The summed E-state index contributed by atoms with van der Waals surface area (Å²) in [6, 6.07) is 10.6. The third kappa shape index (κ3) is 5.62. The Bertz CT molecular complexity index is 827. The van der Waals surface area contributed by atoms with Crippen LogP contribution >= 0.6 is 24.0 Å². The summed E-state index contributed by atoms with van der Waals surface area (Å²) in [5, 5.41) is 2.55. The molecular formula is C19H21F2IN4O. The lowest BCUT2D eigenvalue weighted by Crippen LogP contribution is -2.35. The van der Waals surface area contributed by atoms with Crippen LogP contribution < -0.4 is 16.0 Å². The van der Waals surface area contributed by atoms with E-state index in [1.165, 1.54) is 0 Å². The molecule has 1 saturated heterocycles. The summed E-state index contributed by atoms with van der Waals surface area (Å²) in [5.74, 6) is -1.04. The first-order chi connectivity index (χ1) is 12.5. The van der Waals surface area contributed by atoms with Gasteiger partial charge in [0.15, 0.2) is 5.96 Å². The molecule has 0 saturated carbocycles. The Kier molecular flexibility index (Phi) is 7.52. The number of piperidine rings is 1. The Labute approximate surface area is 173 Å². The number of nitrogens with one attached hydrogen (secondary N) is 1. The molecule has 0 radical (unpaired) electrons. The van der Waals surface area contributed by atoms with Gasteiger partial charge in [-0.05, 0) is 42.7 Å². The highest BCUT2D eigenvalue weighted by Crippen LogP contribution is 2.21. The average Bonchev–Trinajstić information content (AvgIpc) is 2.64. The maximum Gasteiger partial charge on any atom is 0.226 e. The van der Waals surface area contributed by atoms with Crippen LogP contribution in [0, 0.1) is 11.6 Å². The van der Waals surface area contributed by atoms with Gasteiger partial charge in [0.2, 0.25) is 5.91 Å². The number of halogens is 3. The van der Waals surface area contributed by atoms with Crippen molar-refractivity contribution in [2.24, 2.45) is 10.7 Å². The standard InChI is InChI=1S/C19H20F2N4O.HI/c20-14-6-9-16(21)17(11-14)24-19(22)23-12-13-4-7-15(8-5-13)25-10-2-1-3-18(25)26;/h4-9,11H,1-3,10,12H2,(H3,22,23,24);1H. The molecule has 144 valence electrons. The van der Waals surface area contributed by atoms with Gasteiger partial charge in [0.1, 0.15) is 11.6 Å². The molecule has 2 aromatic carbocycles. The Morgan fingerprint density at radius 3 is 2.59 bits per heavy atom. The predicted octanol–water partition coefficient (Wildman–Crippen LogP) is 4.03. The van der Waals surface area contributed by atoms with E-state index in [1.807, 2.05) is 24.3 Å². The monoisotopic (exact) mass is 486 g/mol. The highest BCUT2D eigenvalue weighted by atomic mass is 127. The zero-order chi connectivity index (χ0) is 18.5. The van der Waals surface area contributed by atoms with Gasteiger partial charge in [0.05, 0.1) is 12.2 Å². The van der Waals surface area contributed by atoms with Gasteiger partial charge in [0.25, 0.3) is 0 Å². The summed E-state index contributed by atoms with van der Waals surface area (Å²) in [6.07, 6.45) is 2.54. The maximum atomic E-state index is 13.6. The number of carbonyl (C=O) groups is 1. The molecule has 3 rings (SSSR count). The lowest BCUT2D eigenvalue weighted by molar-refractivity contribution is -0.119. The Morgan fingerprint density at radius 2 is 1.89 bits per heavy atom. The van der Waals surface area contributed by atoms with Crippen LogP contribution in [0.15, 0.2) is 47.5 Å². The number of aliphatic imine (C=N–C) groups is 1. The maximum absolute atomic E-state index is 13.6. The van der Waals surface area contributed by atoms with Crippen LogP contribution in [0.3, 0.4) is 0 Å². The largest absolute Gasteiger partial charge is 0.370 e. The van der Waals surface area contributed by atoms with E-state index in [-0.39, 0.29) is 48.1 Å². The van der Waals surface area contributed by atoms with Crippen molar-refractivity contribution in [1.29, 1.82) is 0 Å². The molecule has 1 aliphatic rings. The third-order valence-electron chi connectivity index (χ3n) is 4.19. The molecule has 0 aliphatic carbocycles. The Morgan fingerprint density at radius 1 is 1.15 bits per heavy atom. The Balaban J connectivity index is 0.00000261. The van der Waals surface area contributed by atoms with Crippen molar-refractivity contribution in [3.8, 4) is 0 Å². The van der Waals surface area contributed by atoms with Gasteiger partial charge >= 0.3 is 0 Å². The molecule has 1 aliphatic heterocycles. The summed E-state index contributed by atoms with van der Waals surface area (Å²) in [6.45, 7) is 1.02. The minimum absolute atomic E-state index is 0. The quantitative estimate of drug-likeness (QED) is 0.390. The zero-order valence-corrected chi connectivity index (χ0v) is 17.0. The van der Waals surface area contributed by atoms with E-state index in [1.54, 1.807) is 4.90 Å². The van der Waals surface area contributed by atoms with Crippen LogP contribution in [-0.2, 0) is 11.3 Å². The average molecular weight is 486 g/mol. The van der Waals surface area contributed by atoms with Crippen molar-refractivity contribution in [2.75, 3.05) is 16.8 Å². The van der Waals surface area contributed by atoms with Crippen LogP contribution in [0.1, 0.15) is 24.8 Å². The lowest BCUT2D eigenvalue weighted by Gasteiger charge is -2.26. The van der Waals surface area contributed by atoms with E-state index in [2.05, 4.69) is 10.3 Å². The van der Waals surface area contributed by atoms with Crippen LogP contribution in [0.25, 0.3) is 0 Å². The van der Waals surface area contributed by atoms with Crippen molar-refractivity contribution in [3.63, 3.8) is 0 Å². The van der Waals surface area contributed by atoms with Crippen LogP contribution in [-0.4, -0.2) is 18.4 Å². The minimum Gasteiger partial charge on any atom is -0.370 e. The number of carbonyl (C=O) groups excluding carboxylic acids is 1. The molecule has 8 heteroatoms. The number of anilines is 2. The first kappa shape index (κ1) is 21.1. The smallest absolute Gasteiger partial charge is 0.226 e. The molecule has 0 bridgehead atoms. The molecule has 1 fully saturated rings. The summed E-state index contributed by atoms with van der Waals surface area (Å²) in [5.41, 5.74) is 7.43. The van der Waals surface area contributed by atoms with Gasteiger partial charge in [-0.25, -0.2) is 13.8 Å². The van der Waals surface area contributed by atoms with Crippen molar-refractivity contribution in [1.82, 2.24) is 0 Å². The van der Waals surface area contributed by atoms with E-state index in [0.29, 0.717) is 6.42 Å². The molecule has 0 atom stereocenters. The molecule has 5 nitrogen and oxygen atoms in total. The van der Waals surface area contributed by atoms with Crippen LogP contribution in [0.2, 0.25) is 0 Å². The summed E-state index contributed by atoms with van der Waals surface area (Å²) >= 11 is 0. The number of amides is 1. The van der Waals surface area contributed by atoms with E-state index in [0.717, 1.165) is 48.8 Å². The number of benzene rings is 2. The summed E-state index contributed by atoms with van der Waals surface area (Å²) < 4.78 is 26.7. The molecule has 27 heavy (non-hydrogen) atoms. The molecule has 0 aromatic heterocycles. The number of hydrogen-bond acceptors (Lipinski definition) is 2. The van der Waals surface area contributed by atoms with E-state index in [9.17, 15) is 13.6 Å². The van der Waals surface area contributed by atoms with Crippen LogP contribution in [0.4, 0.5) is 20.2 Å². The fourth-order valence-corrected chi connectivity index (χ4v) is 2.81. The van der Waals surface area contributed by atoms with Gasteiger partial charge in [0, 0.05) is 24.7 Å². The molecule has 1 heterocycles. The third-order valence-corrected chi connectivity index (χ3v) is 4.19.